The lowest BCUT2D eigenvalue weighted by atomic mass is 10.1. The lowest BCUT2D eigenvalue weighted by molar-refractivity contribution is 0.435. The van der Waals surface area contributed by atoms with Gasteiger partial charge < -0.3 is 9.73 Å². The maximum absolute atomic E-state index is 5.67. The molecule has 2 heterocycles. The molecule has 0 aliphatic rings. The van der Waals surface area contributed by atoms with Crippen LogP contribution in [0.3, 0.4) is 0 Å². The fourth-order valence-corrected chi connectivity index (χ4v) is 1.75. The predicted molar refractivity (Wildman–Crippen MR) is 63.2 cm³/mol. The third kappa shape index (κ3) is 2.31. The minimum absolute atomic E-state index is 0.113. The van der Waals surface area contributed by atoms with Crippen molar-refractivity contribution in [1.29, 1.82) is 0 Å². The molecule has 0 aliphatic carbocycles. The van der Waals surface area contributed by atoms with Gasteiger partial charge in [-0.25, -0.2) is 0 Å². The van der Waals surface area contributed by atoms with E-state index >= 15 is 0 Å². The maximum atomic E-state index is 5.67. The summed E-state index contributed by atoms with van der Waals surface area (Å²) in [6.45, 7) is 4.94. The van der Waals surface area contributed by atoms with Gasteiger partial charge in [-0.3, -0.25) is 4.98 Å². The number of aryl methyl sites for hydroxylation is 1. The number of nitrogens with one attached hydrogen (secondary N) is 1. The Morgan fingerprint density at radius 3 is 2.56 bits per heavy atom. The van der Waals surface area contributed by atoms with E-state index in [1.54, 1.807) is 12.4 Å². The molecule has 0 spiro atoms. The smallest absolute Gasteiger partial charge is 0.125 e. The zero-order valence-corrected chi connectivity index (χ0v) is 9.60. The van der Waals surface area contributed by atoms with Gasteiger partial charge in [-0.2, -0.15) is 0 Å². The van der Waals surface area contributed by atoms with Crippen LogP contribution in [-0.4, -0.2) is 11.5 Å². The molecule has 0 radical (unpaired) electrons. The molecular formula is C13H16N2O. The number of aromatic nitrogens is 1. The molecule has 0 aliphatic heterocycles. The number of hydrogen-bond donors (Lipinski definition) is 1. The number of nitrogens with zero attached hydrogens (tertiary/aromatic N) is 1. The summed E-state index contributed by atoms with van der Waals surface area (Å²) in [5, 5.41) is 3.41. The molecule has 3 heteroatoms. The number of rotatable bonds is 4. The van der Waals surface area contributed by atoms with E-state index in [9.17, 15) is 0 Å². The first-order valence-corrected chi connectivity index (χ1v) is 5.51. The van der Waals surface area contributed by atoms with Crippen molar-refractivity contribution >= 4 is 0 Å². The van der Waals surface area contributed by atoms with E-state index in [4.69, 9.17) is 4.42 Å². The van der Waals surface area contributed by atoms with Crippen LogP contribution >= 0.6 is 0 Å². The third-order valence-electron chi connectivity index (χ3n) is 2.49. The molecule has 0 fully saturated rings. The van der Waals surface area contributed by atoms with Crippen LogP contribution in [0, 0.1) is 6.92 Å². The first kappa shape index (κ1) is 10.9. The second-order valence-corrected chi connectivity index (χ2v) is 3.72. The van der Waals surface area contributed by atoms with Gasteiger partial charge in [-0.15, -0.1) is 0 Å². The molecule has 3 nitrogen and oxygen atoms in total. The van der Waals surface area contributed by atoms with Crippen LogP contribution in [0.5, 0.6) is 0 Å². The Kier molecular flexibility index (Phi) is 3.37. The van der Waals surface area contributed by atoms with E-state index in [0.717, 1.165) is 18.1 Å². The summed E-state index contributed by atoms with van der Waals surface area (Å²) in [6.07, 6.45) is 3.60. The molecule has 2 rings (SSSR count). The summed E-state index contributed by atoms with van der Waals surface area (Å²) in [4.78, 5) is 4.03. The summed E-state index contributed by atoms with van der Waals surface area (Å²) >= 11 is 0. The monoisotopic (exact) mass is 216 g/mol. The summed E-state index contributed by atoms with van der Waals surface area (Å²) in [7, 11) is 0. The summed E-state index contributed by atoms with van der Waals surface area (Å²) < 4.78 is 5.67. The Hall–Kier alpha value is -1.61. The Labute approximate surface area is 95.5 Å². The van der Waals surface area contributed by atoms with Crippen LogP contribution in [0.4, 0.5) is 0 Å². The first-order valence-electron chi connectivity index (χ1n) is 5.51. The minimum atomic E-state index is 0.113. The molecule has 16 heavy (non-hydrogen) atoms. The molecule has 0 aromatic carbocycles. The van der Waals surface area contributed by atoms with E-state index in [2.05, 4.69) is 17.2 Å². The lowest BCUT2D eigenvalue weighted by Gasteiger charge is -2.15. The maximum Gasteiger partial charge on any atom is 0.125 e. The van der Waals surface area contributed by atoms with Gasteiger partial charge in [0.15, 0.2) is 0 Å². The molecule has 84 valence electrons. The Balaban J connectivity index is 2.31. The largest absolute Gasteiger partial charge is 0.464 e. The third-order valence-corrected chi connectivity index (χ3v) is 2.49. The van der Waals surface area contributed by atoms with Crippen LogP contribution in [0.25, 0.3) is 0 Å². The predicted octanol–water partition coefficient (Wildman–Crippen LogP) is 2.68. The molecule has 0 bridgehead atoms. The van der Waals surface area contributed by atoms with Crippen molar-refractivity contribution in [3.05, 3.63) is 53.7 Å². The highest BCUT2D eigenvalue weighted by atomic mass is 16.3. The average Bonchev–Trinajstić information content (AvgIpc) is 2.74. The second-order valence-electron chi connectivity index (χ2n) is 3.72. The van der Waals surface area contributed by atoms with Crippen LogP contribution in [0.15, 0.2) is 41.1 Å². The molecular weight excluding hydrogens is 200 g/mol. The minimum Gasteiger partial charge on any atom is -0.464 e. The Morgan fingerprint density at radius 1 is 1.25 bits per heavy atom. The molecule has 0 saturated heterocycles. The van der Waals surface area contributed by atoms with Crippen molar-refractivity contribution in [1.82, 2.24) is 10.3 Å². The Bertz CT molecular complexity index is 436. The van der Waals surface area contributed by atoms with Crippen LogP contribution in [-0.2, 0) is 0 Å². The van der Waals surface area contributed by atoms with Gasteiger partial charge in [-0.05, 0) is 43.3 Å². The fourth-order valence-electron chi connectivity index (χ4n) is 1.75. The molecule has 1 atom stereocenters. The van der Waals surface area contributed by atoms with Gasteiger partial charge in [0.05, 0.1) is 6.04 Å². The molecule has 0 amide bonds. The van der Waals surface area contributed by atoms with E-state index in [-0.39, 0.29) is 6.04 Å². The summed E-state index contributed by atoms with van der Waals surface area (Å²) in [6, 6.07) is 8.13. The van der Waals surface area contributed by atoms with Gasteiger partial charge in [-0.1, -0.05) is 6.92 Å². The van der Waals surface area contributed by atoms with Crippen molar-refractivity contribution < 1.29 is 4.42 Å². The molecule has 0 saturated carbocycles. The number of hydrogen-bond acceptors (Lipinski definition) is 3. The number of furan rings is 1. The molecule has 1 N–H and O–H groups in total. The van der Waals surface area contributed by atoms with Gasteiger partial charge in [0.2, 0.25) is 0 Å². The van der Waals surface area contributed by atoms with Crippen LogP contribution in [0.2, 0.25) is 0 Å². The highest BCUT2D eigenvalue weighted by Crippen LogP contribution is 2.23. The number of pyridine rings is 1. The second kappa shape index (κ2) is 4.94. The van der Waals surface area contributed by atoms with E-state index in [0.29, 0.717) is 0 Å². The summed E-state index contributed by atoms with van der Waals surface area (Å²) in [5.41, 5.74) is 1.17. The highest BCUT2D eigenvalue weighted by molar-refractivity contribution is 5.25. The first-order chi connectivity index (χ1) is 7.81. The van der Waals surface area contributed by atoms with Crippen molar-refractivity contribution in [2.45, 2.75) is 19.9 Å². The Morgan fingerprint density at radius 2 is 2.00 bits per heavy atom. The van der Waals surface area contributed by atoms with Crippen molar-refractivity contribution in [2.75, 3.05) is 6.54 Å². The summed E-state index contributed by atoms with van der Waals surface area (Å²) in [5.74, 6) is 1.89. The van der Waals surface area contributed by atoms with Gasteiger partial charge >= 0.3 is 0 Å². The standard InChI is InChI=1S/C13H16N2O/c1-3-15-13(11-6-8-14-9-7-11)12-5-4-10(2)16-12/h4-9,13,15H,3H2,1-2H3. The van der Waals surface area contributed by atoms with E-state index in [1.165, 1.54) is 5.56 Å². The van der Waals surface area contributed by atoms with Crippen molar-refractivity contribution in [3.63, 3.8) is 0 Å². The van der Waals surface area contributed by atoms with Gasteiger partial charge in [0.25, 0.3) is 0 Å². The average molecular weight is 216 g/mol. The normalized spacial score (nSPS) is 12.6. The highest BCUT2D eigenvalue weighted by Gasteiger charge is 2.15. The topological polar surface area (TPSA) is 38.1 Å². The fraction of sp³-hybridized carbons (Fsp3) is 0.308. The zero-order valence-electron chi connectivity index (χ0n) is 9.60. The van der Waals surface area contributed by atoms with Crippen molar-refractivity contribution in [3.8, 4) is 0 Å². The quantitative estimate of drug-likeness (QED) is 0.853. The zero-order chi connectivity index (χ0) is 11.4. The van der Waals surface area contributed by atoms with Crippen LogP contribution < -0.4 is 5.32 Å². The van der Waals surface area contributed by atoms with E-state index in [1.807, 2.05) is 31.2 Å². The van der Waals surface area contributed by atoms with Gasteiger partial charge in [0, 0.05) is 12.4 Å². The molecule has 1 unspecified atom stereocenters. The lowest BCUT2D eigenvalue weighted by Crippen LogP contribution is -2.21. The van der Waals surface area contributed by atoms with Crippen LogP contribution in [0.1, 0.15) is 30.0 Å². The van der Waals surface area contributed by atoms with E-state index < -0.39 is 0 Å². The molecule has 2 aromatic heterocycles. The SMILES string of the molecule is CCNC(c1ccncc1)c1ccc(C)o1. The van der Waals surface area contributed by atoms with Crippen molar-refractivity contribution in [2.24, 2.45) is 0 Å². The van der Waals surface area contributed by atoms with Gasteiger partial charge in [0.1, 0.15) is 11.5 Å². The molecule has 2 aromatic rings.